The summed E-state index contributed by atoms with van der Waals surface area (Å²) in [6.45, 7) is 9.39. The summed E-state index contributed by atoms with van der Waals surface area (Å²) in [5.74, 6) is 1.16. The van der Waals surface area contributed by atoms with E-state index in [0.717, 1.165) is 25.7 Å². The highest BCUT2D eigenvalue weighted by molar-refractivity contribution is 5.87. The van der Waals surface area contributed by atoms with Crippen molar-refractivity contribution in [2.45, 2.75) is 84.8 Å². The Hall–Kier alpha value is -0.490. The van der Waals surface area contributed by atoms with Crippen molar-refractivity contribution in [1.29, 1.82) is 0 Å². The molecule has 3 aliphatic rings. The number of ketones is 1. The monoisotopic (exact) mass is 410 g/mol. The summed E-state index contributed by atoms with van der Waals surface area (Å²) in [6.07, 6.45) is 6.43. The van der Waals surface area contributed by atoms with Crippen molar-refractivity contribution in [2.75, 3.05) is 27.6 Å². The van der Waals surface area contributed by atoms with Gasteiger partial charge in [-0.15, -0.1) is 0 Å². The molecule has 3 saturated carbocycles. The van der Waals surface area contributed by atoms with Gasteiger partial charge in [-0.2, -0.15) is 0 Å². The number of hydrogen-bond acceptors (Lipinski definition) is 5. The molecule has 0 radical (unpaired) electrons. The molecule has 8 atom stereocenters. The van der Waals surface area contributed by atoms with Crippen LogP contribution in [0, 0.1) is 34.0 Å². The van der Waals surface area contributed by atoms with Crippen LogP contribution in [-0.4, -0.2) is 50.7 Å². The van der Waals surface area contributed by atoms with Crippen molar-refractivity contribution >= 4 is 5.78 Å². The average molecular weight is 411 g/mol. The Kier molecular flexibility index (Phi) is 6.85. The quantitative estimate of drug-likeness (QED) is 0.637. The Labute approximate surface area is 176 Å². The number of ether oxygens (including phenoxy) is 3. The number of methoxy groups -OCH3 is 2. The van der Waals surface area contributed by atoms with Crippen molar-refractivity contribution in [3.8, 4) is 0 Å². The minimum atomic E-state index is -0.484. The Morgan fingerprint density at radius 2 is 1.83 bits per heavy atom. The molecule has 5 heteroatoms. The van der Waals surface area contributed by atoms with E-state index in [4.69, 9.17) is 14.2 Å². The Morgan fingerprint density at radius 1 is 1.14 bits per heavy atom. The number of carbonyl (C=O) groups is 1. The molecule has 0 amide bonds. The van der Waals surface area contributed by atoms with Gasteiger partial charge in [0.2, 0.25) is 0 Å². The molecule has 168 valence electrons. The molecule has 3 fully saturated rings. The van der Waals surface area contributed by atoms with Crippen molar-refractivity contribution in [3.05, 3.63) is 0 Å². The third-order valence-electron chi connectivity index (χ3n) is 9.42. The molecule has 0 spiro atoms. The second-order valence-corrected chi connectivity index (χ2v) is 10.6. The summed E-state index contributed by atoms with van der Waals surface area (Å²) >= 11 is 0. The molecule has 0 aromatic heterocycles. The molecule has 0 saturated heterocycles. The van der Waals surface area contributed by atoms with E-state index in [0.29, 0.717) is 36.9 Å². The third kappa shape index (κ3) is 3.50. The lowest BCUT2D eigenvalue weighted by atomic mass is 9.43. The molecule has 3 aliphatic carbocycles. The van der Waals surface area contributed by atoms with Gasteiger partial charge in [0, 0.05) is 37.6 Å². The first-order valence-corrected chi connectivity index (χ1v) is 11.5. The fourth-order valence-corrected chi connectivity index (χ4v) is 7.58. The van der Waals surface area contributed by atoms with Gasteiger partial charge in [0.15, 0.2) is 0 Å². The zero-order valence-electron chi connectivity index (χ0n) is 19.3. The first-order chi connectivity index (χ1) is 13.7. The van der Waals surface area contributed by atoms with Crippen LogP contribution < -0.4 is 0 Å². The lowest BCUT2D eigenvalue weighted by Gasteiger charge is -2.62. The number of hydrogen-bond donors (Lipinski definition) is 1. The molecular weight excluding hydrogens is 368 g/mol. The largest absolute Gasteiger partial charge is 0.396 e. The van der Waals surface area contributed by atoms with Crippen LogP contribution in [0.15, 0.2) is 0 Å². The standard InChI is InChI=1S/C24H42O5/c1-16-8-11-24-12-9-18(28-6)20(24)23(16,4)19(29-15-27-5)14-22(3,10-7-13-25)21(26)17(24)2/h16-20,25H,7-15H2,1-6H3/t16-,17+,18-,19-,20?,22-,23+,24?/m1/s1. The second kappa shape index (κ2) is 8.57. The number of Topliss-reactive ketones (excluding diaryl/α,β-unsaturated/α-hetero) is 1. The maximum absolute atomic E-state index is 14.0. The van der Waals surface area contributed by atoms with Gasteiger partial charge in [0.05, 0.1) is 12.2 Å². The molecule has 1 N–H and O–H groups in total. The van der Waals surface area contributed by atoms with E-state index in [9.17, 15) is 9.90 Å². The maximum Gasteiger partial charge on any atom is 0.146 e. The predicted molar refractivity (Wildman–Crippen MR) is 112 cm³/mol. The van der Waals surface area contributed by atoms with Crippen LogP contribution in [0.3, 0.4) is 0 Å². The van der Waals surface area contributed by atoms with Crippen LogP contribution in [0.1, 0.15) is 72.6 Å². The maximum atomic E-state index is 14.0. The zero-order valence-corrected chi connectivity index (χ0v) is 19.3. The van der Waals surface area contributed by atoms with Crippen molar-refractivity contribution in [2.24, 2.45) is 34.0 Å². The van der Waals surface area contributed by atoms with Crippen LogP contribution in [0.4, 0.5) is 0 Å². The number of carbonyl (C=O) groups excluding carboxylic acids is 1. The van der Waals surface area contributed by atoms with E-state index in [-0.39, 0.29) is 42.4 Å². The highest BCUT2D eigenvalue weighted by atomic mass is 16.7. The summed E-state index contributed by atoms with van der Waals surface area (Å²) in [7, 11) is 3.49. The summed E-state index contributed by atoms with van der Waals surface area (Å²) in [4.78, 5) is 14.0. The van der Waals surface area contributed by atoms with E-state index < -0.39 is 5.41 Å². The molecular formula is C24H42O5. The Balaban J connectivity index is 2.14. The molecule has 0 aliphatic heterocycles. The first-order valence-electron chi connectivity index (χ1n) is 11.5. The van der Waals surface area contributed by atoms with Gasteiger partial charge in [0.1, 0.15) is 12.6 Å². The summed E-state index contributed by atoms with van der Waals surface area (Å²) in [5.41, 5.74) is -0.583. The van der Waals surface area contributed by atoms with Crippen molar-refractivity contribution in [3.63, 3.8) is 0 Å². The molecule has 0 aromatic carbocycles. The van der Waals surface area contributed by atoms with Gasteiger partial charge < -0.3 is 19.3 Å². The molecule has 0 heterocycles. The van der Waals surface area contributed by atoms with E-state index in [2.05, 4.69) is 27.7 Å². The summed E-state index contributed by atoms with van der Waals surface area (Å²) < 4.78 is 17.8. The topological polar surface area (TPSA) is 65.0 Å². The molecule has 2 bridgehead atoms. The van der Waals surface area contributed by atoms with Crippen LogP contribution in [-0.2, 0) is 19.0 Å². The van der Waals surface area contributed by atoms with Gasteiger partial charge in [-0.25, -0.2) is 0 Å². The smallest absolute Gasteiger partial charge is 0.146 e. The van der Waals surface area contributed by atoms with E-state index in [1.54, 1.807) is 7.11 Å². The molecule has 5 nitrogen and oxygen atoms in total. The predicted octanol–water partition coefficient (Wildman–Crippen LogP) is 4.21. The van der Waals surface area contributed by atoms with Crippen LogP contribution in [0.2, 0.25) is 0 Å². The molecule has 29 heavy (non-hydrogen) atoms. The van der Waals surface area contributed by atoms with Gasteiger partial charge >= 0.3 is 0 Å². The van der Waals surface area contributed by atoms with E-state index >= 15 is 0 Å². The summed E-state index contributed by atoms with van der Waals surface area (Å²) in [5, 5.41) is 9.49. The highest BCUT2D eigenvalue weighted by Crippen LogP contribution is 2.68. The fourth-order valence-electron chi connectivity index (χ4n) is 7.58. The number of aliphatic hydroxyl groups excluding tert-OH is 1. The van der Waals surface area contributed by atoms with E-state index in [1.807, 2.05) is 7.11 Å². The normalized spacial score (nSPS) is 47.6. The summed E-state index contributed by atoms with van der Waals surface area (Å²) in [6, 6.07) is 0. The minimum absolute atomic E-state index is 0.00606. The third-order valence-corrected chi connectivity index (χ3v) is 9.42. The van der Waals surface area contributed by atoms with E-state index in [1.165, 1.54) is 0 Å². The van der Waals surface area contributed by atoms with Crippen molar-refractivity contribution < 1.29 is 24.1 Å². The number of rotatable bonds is 7. The number of aliphatic hydroxyl groups is 1. The lowest BCUT2D eigenvalue weighted by molar-refractivity contribution is -0.220. The van der Waals surface area contributed by atoms with Gasteiger partial charge in [0.25, 0.3) is 0 Å². The Morgan fingerprint density at radius 3 is 2.45 bits per heavy atom. The van der Waals surface area contributed by atoms with Crippen LogP contribution in [0.5, 0.6) is 0 Å². The Bertz CT molecular complexity index is 594. The van der Waals surface area contributed by atoms with Crippen molar-refractivity contribution in [1.82, 2.24) is 0 Å². The molecule has 2 unspecified atom stereocenters. The lowest BCUT2D eigenvalue weighted by Crippen LogP contribution is -2.63. The van der Waals surface area contributed by atoms with Gasteiger partial charge in [-0.05, 0) is 62.2 Å². The average Bonchev–Trinajstić information content (AvgIpc) is 3.11. The first kappa shape index (κ1) is 23.2. The fraction of sp³-hybridized carbons (Fsp3) is 0.958. The van der Waals surface area contributed by atoms with Crippen LogP contribution >= 0.6 is 0 Å². The highest BCUT2D eigenvalue weighted by Gasteiger charge is 2.68. The van der Waals surface area contributed by atoms with Gasteiger partial charge in [-0.3, -0.25) is 4.79 Å². The molecule has 3 rings (SSSR count). The zero-order chi connectivity index (χ0) is 21.4. The van der Waals surface area contributed by atoms with Gasteiger partial charge in [-0.1, -0.05) is 27.7 Å². The minimum Gasteiger partial charge on any atom is -0.396 e. The SMILES string of the molecule is COCO[C@@H]1C[C@@](C)(CCCO)C(=O)[C@H](C)C23CC[C@@H](C)[C@]1(C)C2[C@H](OC)CC3. The second-order valence-electron chi connectivity index (χ2n) is 10.6. The van der Waals surface area contributed by atoms with Crippen LogP contribution in [0.25, 0.3) is 0 Å². The molecule has 0 aromatic rings.